The van der Waals surface area contributed by atoms with E-state index in [2.05, 4.69) is 24.8 Å². The molecule has 2 atom stereocenters. The van der Waals surface area contributed by atoms with Crippen molar-refractivity contribution in [3.8, 4) is 11.8 Å². The van der Waals surface area contributed by atoms with Gasteiger partial charge in [0.2, 0.25) is 0 Å². The van der Waals surface area contributed by atoms with Gasteiger partial charge in [0.1, 0.15) is 11.8 Å². The summed E-state index contributed by atoms with van der Waals surface area (Å²) in [7, 11) is 1.58. The molecule has 0 amide bonds. The first-order valence-corrected chi connectivity index (χ1v) is 6.67. The average molecular weight is 259 g/mol. The van der Waals surface area contributed by atoms with Gasteiger partial charge in [-0.25, -0.2) is 0 Å². The molecule has 0 aliphatic carbocycles. The minimum atomic E-state index is 0.127. The molecule has 102 valence electrons. The monoisotopic (exact) mass is 259 g/mol. The number of hydrogen-bond donors (Lipinski definition) is 1. The second-order valence-electron chi connectivity index (χ2n) is 5.30. The van der Waals surface area contributed by atoms with E-state index in [1.807, 2.05) is 18.2 Å². The molecule has 1 fully saturated rings. The Morgan fingerprint density at radius 2 is 2.21 bits per heavy atom. The lowest BCUT2D eigenvalue weighted by Crippen LogP contribution is -2.35. The van der Waals surface area contributed by atoms with Crippen LogP contribution in [0.1, 0.15) is 37.4 Å². The Labute approximate surface area is 114 Å². The normalized spacial score (nSPS) is 23.6. The highest BCUT2D eigenvalue weighted by atomic mass is 16.5. The summed E-state index contributed by atoms with van der Waals surface area (Å²) in [4.78, 5) is 2.40. The van der Waals surface area contributed by atoms with Gasteiger partial charge >= 0.3 is 0 Å². The zero-order valence-electron chi connectivity index (χ0n) is 11.8. The Morgan fingerprint density at radius 1 is 1.47 bits per heavy atom. The molecule has 2 rings (SSSR count). The van der Waals surface area contributed by atoms with Crippen molar-refractivity contribution in [3.63, 3.8) is 0 Å². The standard InChI is InChI=1S/C15H21N3O/c1-10(2)18-7-6-13(17)15(18)11-4-5-14(19-3)12(8-11)9-16/h4-5,8,10,13,15H,6-7,17H2,1-3H3. The van der Waals surface area contributed by atoms with Crippen molar-refractivity contribution in [3.05, 3.63) is 29.3 Å². The summed E-state index contributed by atoms with van der Waals surface area (Å²) < 4.78 is 5.19. The van der Waals surface area contributed by atoms with Crippen LogP contribution in [0, 0.1) is 11.3 Å². The van der Waals surface area contributed by atoms with Crippen LogP contribution in [0.4, 0.5) is 0 Å². The first-order chi connectivity index (χ1) is 9.08. The highest BCUT2D eigenvalue weighted by Gasteiger charge is 2.34. The molecule has 1 aromatic carbocycles. The fourth-order valence-corrected chi connectivity index (χ4v) is 2.86. The molecule has 19 heavy (non-hydrogen) atoms. The van der Waals surface area contributed by atoms with E-state index in [1.54, 1.807) is 7.11 Å². The van der Waals surface area contributed by atoms with Crippen LogP contribution >= 0.6 is 0 Å². The van der Waals surface area contributed by atoms with E-state index in [0.717, 1.165) is 18.5 Å². The molecule has 1 saturated heterocycles. The first kappa shape index (κ1) is 13.9. The SMILES string of the molecule is COc1ccc(C2C(N)CCN2C(C)C)cc1C#N. The highest BCUT2D eigenvalue weighted by Crippen LogP contribution is 2.34. The Kier molecular flexibility index (Phi) is 4.08. The van der Waals surface area contributed by atoms with Crippen molar-refractivity contribution in [2.45, 2.75) is 38.4 Å². The van der Waals surface area contributed by atoms with Gasteiger partial charge in [-0.3, -0.25) is 4.90 Å². The number of benzene rings is 1. The van der Waals surface area contributed by atoms with Crippen LogP contribution in [-0.4, -0.2) is 30.6 Å². The number of methoxy groups -OCH3 is 1. The zero-order valence-corrected chi connectivity index (χ0v) is 11.8. The van der Waals surface area contributed by atoms with E-state index in [-0.39, 0.29) is 12.1 Å². The predicted molar refractivity (Wildman–Crippen MR) is 74.9 cm³/mol. The van der Waals surface area contributed by atoms with Crippen LogP contribution < -0.4 is 10.5 Å². The van der Waals surface area contributed by atoms with Gasteiger partial charge < -0.3 is 10.5 Å². The fourth-order valence-electron chi connectivity index (χ4n) is 2.86. The smallest absolute Gasteiger partial charge is 0.136 e. The van der Waals surface area contributed by atoms with E-state index >= 15 is 0 Å². The van der Waals surface area contributed by atoms with Crippen LogP contribution in [0.3, 0.4) is 0 Å². The summed E-state index contributed by atoms with van der Waals surface area (Å²) in [5.41, 5.74) is 7.92. The van der Waals surface area contributed by atoms with E-state index in [0.29, 0.717) is 17.4 Å². The van der Waals surface area contributed by atoms with Crippen molar-refractivity contribution in [1.82, 2.24) is 4.90 Å². The van der Waals surface area contributed by atoms with Gasteiger partial charge in [0, 0.05) is 18.6 Å². The van der Waals surface area contributed by atoms with Crippen LogP contribution in [0.15, 0.2) is 18.2 Å². The van der Waals surface area contributed by atoms with Crippen LogP contribution in [-0.2, 0) is 0 Å². The van der Waals surface area contributed by atoms with Gasteiger partial charge in [-0.05, 0) is 38.0 Å². The zero-order chi connectivity index (χ0) is 14.0. The molecule has 0 bridgehead atoms. The minimum absolute atomic E-state index is 0.127. The van der Waals surface area contributed by atoms with Crippen LogP contribution in [0.5, 0.6) is 5.75 Å². The molecule has 0 radical (unpaired) electrons. The summed E-state index contributed by atoms with van der Waals surface area (Å²) in [6.07, 6.45) is 0.997. The number of hydrogen-bond acceptors (Lipinski definition) is 4. The third-order valence-electron chi connectivity index (χ3n) is 3.83. The highest BCUT2D eigenvalue weighted by molar-refractivity contribution is 5.46. The van der Waals surface area contributed by atoms with Gasteiger partial charge in [-0.1, -0.05) is 6.07 Å². The second kappa shape index (κ2) is 5.60. The van der Waals surface area contributed by atoms with Gasteiger partial charge in [0.05, 0.1) is 18.7 Å². The number of nitriles is 1. The molecule has 1 aromatic rings. The van der Waals surface area contributed by atoms with E-state index in [4.69, 9.17) is 10.5 Å². The summed E-state index contributed by atoms with van der Waals surface area (Å²) in [6.45, 7) is 5.37. The van der Waals surface area contributed by atoms with Crippen molar-refractivity contribution in [2.75, 3.05) is 13.7 Å². The molecule has 4 nitrogen and oxygen atoms in total. The third-order valence-corrected chi connectivity index (χ3v) is 3.83. The topological polar surface area (TPSA) is 62.3 Å². The molecule has 2 unspecified atom stereocenters. The quantitative estimate of drug-likeness (QED) is 0.902. The molecule has 0 aromatic heterocycles. The van der Waals surface area contributed by atoms with Crippen molar-refractivity contribution >= 4 is 0 Å². The predicted octanol–water partition coefficient (Wildman–Crippen LogP) is 2.05. The fraction of sp³-hybridized carbons (Fsp3) is 0.533. The number of ether oxygens (including phenoxy) is 1. The minimum Gasteiger partial charge on any atom is -0.495 e. The maximum Gasteiger partial charge on any atom is 0.136 e. The largest absolute Gasteiger partial charge is 0.495 e. The molecule has 0 saturated carbocycles. The number of likely N-dealkylation sites (tertiary alicyclic amines) is 1. The van der Waals surface area contributed by atoms with Gasteiger partial charge in [-0.2, -0.15) is 5.26 Å². The summed E-state index contributed by atoms with van der Waals surface area (Å²) in [6, 6.07) is 8.74. The molecule has 1 heterocycles. The summed E-state index contributed by atoms with van der Waals surface area (Å²) >= 11 is 0. The molecule has 1 aliphatic heterocycles. The first-order valence-electron chi connectivity index (χ1n) is 6.67. The van der Waals surface area contributed by atoms with Crippen molar-refractivity contribution < 1.29 is 4.74 Å². The van der Waals surface area contributed by atoms with Gasteiger partial charge in [-0.15, -0.1) is 0 Å². The molecule has 1 aliphatic rings. The van der Waals surface area contributed by atoms with Gasteiger partial charge in [0.15, 0.2) is 0 Å². The maximum absolute atomic E-state index is 9.18. The average Bonchev–Trinajstić information content (AvgIpc) is 2.80. The Balaban J connectivity index is 2.38. The van der Waals surface area contributed by atoms with Crippen LogP contribution in [0.25, 0.3) is 0 Å². The number of rotatable bonds is 3. The Bertz CT molecular complexity index is 493. The molecular weight excluding hydrogens is 238 g/mol. The molecular formula is C15H21N3O. The summed E-state index contributed by atoms with van der Waals surface area (Å²) in [5.74, 6) is 0.619. The van der Waals surface area contributed by atoms with Crippen molar-refractivity contribution in [1.29, 1.82) is 5.26 Å². The molecule has 4 heteroatoms. The molecule has 0 spiro atoms. The van der Waals surface area contributed by atoms with E-state index in [9.17, 15) is 5.26 Å². The third kappa shape index (κ3) is 2.58. The Hall–Kier alpha value is -1.57. The number of nitrogens with two attached hydrogens (primary N) is 1. The van der Waals surface area contributed by atoms with Crippen molar-refractivity contribution in [2.24, 2.45) is 5.73 Å². The van der Waals surface area contributed by atoms with Gasteiger partial charge in [0.25, 0.3) is 0 Å². The lowest BCUT2D eigenvalue weighted by Gasteiger charge is -2.30. The lowest BCUT2D eigenvalue weighted by atomic mass is 9.98. The lowest BCUT2D eigenvalue weighted by molar-refractivity contribution is 0.198. The van der Waals surface area contributed by atoms with E-state index < -0.39 is 0 Å². The number of nitrogens with zero attached hydrogens (tertiary/aromatic N) is 2. The van der Waals surface area contributed by atoms with Crippen LogP contribution in [0.2, 0.25) is 0 Å². The molecule has 2 N–H and O–H groups in total. The Morgan fingerprint density at radius 3 is 2.79 bits per heavy atom. The van der Waals surface area contributed by atoms with E-state index in [1.165, 1.54) is 0 Å². The second-order valence-corrected chi connectivity index (χ2v) is 5.30. The summed E-state index contributed by atoms with van der Waals surface area (Å²) in [5, 5.41) is 9.18. The maximum atomic E-state index is 9.18.